The molecule has 2 heterocycles. The van der Waals surface area contributed by atoms with Gasteiger partial charge in [-0.15, -0.1) is 0 Å². The quantitative estimate of drug-likeness (QED) is 0.544. The maximum absolute atomic E-state index is 4.67. The molecule has 0 aromatic rings. The Kier molecular flexibility index (Phi) is 8.84. The van der Waals surface area contributed by atoms with E-state index in [0.717, 1.165) is 69.0 Å². The van der Waals surface area contributed by atoms with Gasteiger partial charge in [0.15, 0.2) is 0 Å². The lowest BCUT2D eigenvalue weighted by Crippen LogP contribution is -2.42. The van der Waals surface area contributed by atoms with Crippen molar-refractivity contribution in [2.75, 3.05) is 26.2 Å². The summed E-state index contributed by atoms with van der Waals surface area (Å²) in [6.45, 7) is 12.2. The molecule has 26 heavy (non-hydrogen) atoms. The predicted octanol–water partition coefficient (Wildman–Crippen LogP) is 4.41. The van der Waals surface area contributed by atoms with E-state index in [-0.39, 0.29) is 0 Å². The molecule has 0 aromatic carbocycles. The molecule has 0 atom stereocenters. The summed E-state index contributed by atoms with van der Waals surface area (Å²) in [7, 11) is 0. The number of piperazine rings is 1. The summed E-state index contributed by atoms with van der Waals surface area (Å²) in [5, 5.41) is 3.37. The summed E-state index contributed by atoms with van der Waals surface area (Å²) in [5.74, 6) is 1.06. The number of hydrogen-bond donors (Lipinski definition) is 1. The van der Waals surface area contributed by atoms with Crippen LogP contribution in [0.3, 0.4) is 0 Å². The second-order valence-corrected chi connectivity index (χ2v) is 6.43. The van der Waals surface area contributed by atoms with E-state index in [1.807, 2.05) is 25.4 Å². The molecule has 0 amide bonds. The van der Waals surface area contributed by atoms with Gasteiger partial charge in [0.05, 0.1) is 0 Å². The number of aliphatic imine (C=N–C) groups is 2. The number of allylic oxidation sites excluding steroid dienone is 8. The molecule has 0 spiro atoms. The van der Waals surface area contributed by atoms with Gasteiger partial charge < -0.3 is 10.2 Å². The van der Waals surface area contributed by atoms with E-state index in [4.69, 9.17) is 0 Å². The van der Waals surface area contributed by atoms with Crippen LogP contribution in [0.2, 0.25) is 0 Å². The molecule has 2 rings (SSSR count). The highest BCUT2D eigenvalue weighted by Gasteiger charge is 2.10. The number of hydrogen-bond acceptors (Lipinski definition) is 4. The highest BCUT2D eigenvalue weighted by atomic mass is 15.2. The molecule has 2 aliphatic rings. The van der Waals surface area contributed by atoms with Gasteiger partial charge >= 0.3 is 0 Å². The van der Waals surface area contributed by atoms with Crippen LogP contribution in [-0.2, 0) is 0 Å². The monoisotopic (exact) mass is 352 g/mol. The Morgan fingerprint density at radius 1 is 1.38 bits per heavy atom. The van der Waals surface area contributed by atoms with E-state index < -0.39 is 0 Å². The molecule has 140 valence electrons. The van der Waals surface area contributed by atoms with Crippen LogP contribution >= 0.6 is 0 Å². The minimum absolute atomic E-state index is 0.777. The van der Waals surface area contributed by atoms with Gasteiger partial charge in [0, 0.05) is 50.7 Å². The molecule has 1 N–H and O–H groups in total. The lowest BCUT2D eigenvalue weighted by atomic mass is 10.1. The second kappa shape index (κ2) is 11.4. The lowest BCUT2D eigenvalue weighted by molar-refractivity contribution is 0.297. The van der Waals surface area contributed by atoms with Gasteiger partial charge in [-0.1, -0.05) is 31.7 Å². The van der Waals surface area contributed by atoms with Crippen molar-refractivity contribution in [3.63, 3.8) is 0 Å². The molecule has 1 saturated heterocycles. The average molecular weight is 353 g/mol. The minimum Gasteiger partial charge on any atom is -0.354 e. The fourth-order valence-electron chi connectivity index (χ4n) is 2.95. The van der Waals surface area contributed by atoms with Crippen LogP contribution in [0.25, 0.3) is 0 Å². The molecular weight excluding hydrogens is 320 g/mol. The van der Waals surface area contributed by atoms with Crippen LogP contribution in [0.5, 0.6) is 0 Å². The number of nitrogens with one attached hydrogen (secondary N) is 1. The Morgan fingerprint density at radius 2 is 2.19 bits per heavy atom. The van der Waals surface area contributed by atoms with Crippen LogP contribution in [0.15, 0.2) is 69.6 Å². The van der Waals surface area contributed by atoms with Gasteiger partial charge in [-0.05, 0) is 49.5 Å². The van der Waals surface area contributed by atoms with Gasteiger partial charge in [-0.3, -0.25) is 4.99 Å². The Bertz CT molecular complexity index is 641. The van der Waals surface area contributed by atoms with Crippen LogP contribution in [0.1, 0.15) is 39.5 Å². The SMILES string of the molecule is C=C/C(=C\C=C1/CCC=C(CC)C=N1)C/C=N\C(=C/C)N1CCNCC1. The normalized spacial score (nSPS) is 21.2. The molecule has 4 heteroatoms. The fourth-order valence-corrected chi connectivity index (χ4v) is 2.95. The predicted molar refractivity (Wildman–Crippen MR) is 114 cm³/mol. The molecule has 1 fully saturated rings. The second-order valence-electron chi connectivity index (χ2n) is 6.43. The first kappa shape index (κ1) is 20.1. The first-order chi connectivity index (χ1) is 12.8. The third-order valence-corrected chi connectivity index (χ3v) is 4.61. The molecule has 0 saturated carbocycles. The van der Waals surface area contributed by atoms with E-state index >= 15 is 0 Å². The van der Waals surface area contributed by atoms with E-state index in [2.05, 4.69) is 58.0 Å². The molecule has 0 radical (unpaired) electrons. The molecule has 4 nitrogen and oxygen atoms in total. The van der Waals surface area contributed by atoms with E-state index in [9.17, 15) is 0 Å². The van der Waals surface area contributed by atoms with Crippen molar-refractivity contribution in [2.45, 2.75) is 39.5 Å². The average Bonchev–Trinajstić information content (AvgIpc) is 2.93. The van der Waals surface area contributed by atoms with Crippen molar-refractivity contribution in [3.05, 3.63) is 59.6 Å². The maximum Gasteiger partial charge on any atom is 0.123 e. The van der Waals surface area contributed by atoms with Gasteiger partial charge in [0.25, 0.3) is 0 Å². The molecule has 0 unspecified atom stereocenters. The first-order valence-electron chi connectivity index (χ1n) is 9.66. The van der Waals surface area contributed by atoms with Crippen LogP contribution < -0.4 is 5.32 Å². The summed E-state index contributed by atoms with van der Waals surface area (Å²) < 4.78 is 0. The van der Waals surface area contributed by atoms with E-state index in [1.165, 1.54) is 5.57 Å². The van der Waals surface area contributed by atoms with Crippen molar-refractivity contribution in [1.82, 2.24) is 10.2 Å². The zero-order chi connectivity index (χ0) is 18.6. The topological polar surface area (TPSA) is 40.0 Å². The summed E-state index contributed by atoms with van der Waals surface area (Å²) in [5.41, 5.74) is 3.59. The first-order valence-corrected chi connectivity index (χ1v) is 9.66. The maximum atomic E-state index is 4.67. The molecule has 0 aromatic heterocycles. The van der Waals surface area contributed by atoms with Crippen LogP contribution in [0.4, 0.5) is 0 Å². The lowest BCUT2D eigenvalue weighted by Gasteiger charge is -2.29. The van der Waals surface area contributed by atoms with Crippen LogP contribution in [0, 0.1) is 0 Å². The van der Waals surface area contributed by atoms with Crippen molar-refractivity contribution in [1.29, 1.82) is 0 Å². The molecule has 0 aliphatic carbocycles. The molecule has 2 aliphatic heterocycles. The van der Waals surface area contributed by atoms with Gasteiger partial charge in [-0.2, -0.15) is 0 Å². The largest absolute Gasteiger partial charge is 0.354 e. The Labute approximate surface area is 158 Å². The zero-order valence-electron chi connectivity index (χ0n) is 16.2. The summed E-state index contributed by atoms with van der Waals surface area (Å²) in [4.78, 5) is 11.6. The van der Waals surface area contributed by atoms with Gasteiger partial charge in [-0.25, -0.2) is 4.99 Å². The van der Waals surface area contributed by atoms with Crippen molar-refractivity contribution in [3.8, 4) is 0 Å². The summed E-state index contributed by atoms with van der Waals surface area (Å²) in [6.07, 6.45) is 18.3. The van der Waals surface area contributed by atoms with Gasteiger partial charge in [0.1, 0.15) is 5.82 Å². The highest BCUT2D eigenvalue weighted by Crippen LogP contribution is 2.16. The Balaban J connectivity index is 1.94. The van der Waals surface area contributed by atoms with E-state index in [0.29, 0.717) is 0 Å². The van der Waals surface area contributed by atoms with Crippen molar-refractivity contribution < 1.29 is 0 Å². The third kappa shape index (κ3) is 6.60. The number of nitrogens with zero attached hydrogens (tertiary/aromatic N) is 3. The Hall–Kier alpha value is -2.20. The highest BCUT2D eigenvalue weighted by molar-refractivity contribution is 5.79. The molecular formula is C22H32N4. The summed E-state index contributed by atoms with van der Waals surface area (Å²) >= 11 is 0. The third-order valence-electron chi connectivity index (χ3n) is 4.61. The van der Waals surface area contributed by atoms with Crippen LogP contribution in [-0.4, -0.2) is 43.5 Å². The number of rotatable bonds is 7. The molecule has 0 bridgehead atoms. The fraction of sp³-hybridized carbons (Fsp3) is 0.455. The zero-order valence-corrected chi connectivity index (χ0v) is 16.2. The minimum atomic E-state index is 0.777. The summed E-state index contributed by atoms with van der Waals surface area (Å²) in [6, 6.07) is 0. The van der Waals surface area contributed by atoms with E-state index in [1.54, 1.807) is 0 Å². The smallest absolute Gasteiger partial charge is 0.123 e. The van der Waals surface area contributed by atoms with Crippen molar-refractivity contribution in [2.24, 2.45) is 9.98 Å². The standard InChI is InChI=1S/C22H32N4/c1-4-19(10-11-21-9-7-8-20(5-2)18-25-21)12-13-24-22(6-3)26-16-14-23-15-17-26/h4,6,8,10-11,13,18,23H,1,5,7,9,12,14-17H2,2-3H3/b19-10+,21-11+,22-6+,24-13-. The van der Waals surface area contributed by atoms with Gasteiger partial charge in [0.2, 0.25) is 0 Å². The van der Waals surface area contributed by atoms with Crippen molar-refractivity contribution >= 4 is 12.4 Å². The Morgan fingerprint density at radius 3 is 2.88 bits per heavy atom.